The lowest BCUT2D eigenvalue weighted by molar-refractivity contribution is 0.627. The van der Waals surface area contributed by atoms with Crippen molar-refractivity contribution >= 4 is 11.1 Å². The van der Waals surface area contributed by atoms with E-state index in [-0.39, 0.29) is 11.6 Å². The van der Waals surface area contributed by atoms with Crippen LogP contribution in [-0.4, -0.2) is 0 Å². The molecule has 0 bridgehead atoms. The van der Waals surface area contributed by atoms with E-state index in [2.05, 4.69) is 13.5 Å². The summed E-state index contributed by atoms with van der Waals surface area (Å²) in [4.78, 5) is 0. The van der Waals surface area contributed by atoms with Crippen LogP contribution in [0.15, 0.2) is 73.1 Å². The van der Waals surface area contributed by atoms with E-state index in [1.807, 2.05) is 24.3 Å². The highest BCUT2D eigenvalue weighted by Crippen LogP contribution is 2.27. The highest BCUT2D eigenvalue weighted by molar-refractivity contribution is 5.82. The average Bonchev–Trinajstić information content (AvgIpc) is 2.57. The predicted octanol–water partition coefficient (Wildman–Crippen LogP) is 6.36. The molecule has 2 heteroatoms. The number of benzene rings is 2. The van der Waals surface area contributed by atoms with Crippen LogP contribution in [0.5, 0.6) is 0 Å². The Bertz CT molecular complexity index is 732. The highest BCUT2D eigenvalue weighted by atomic mass is 19.1. The smallest absolute Gasteiger partial charge is 0.131 e. The molecule has 23 heavy (non-hydrogen) atoms. The molecule has 0 aliphatic heterocycles. The largest absolute Gasteiger partial charge is 0.207 e. The Kier molecular flexibility index (Phi) is 5.64. The zero-order valence-corrected chi connectivity index (χ0v) is 13.4. The monoisotopic (exact) mass is 310 g/mol. The van der Waals surface area contributed by atoms with E-state index in [4.69, 9.17) is 0 Å². The van der Waals surface area contributed by atoms with Gasteiger partial charge in [-0.3, -0.25) is 0 Å². The molecule has 0 amide bonds. The van der Waals surface area contributed by atoms with E-state index in [1.54, 1.807) is 25.1 Å². The van der Waals surface area contributed by atoms with Crippen molar-refractivity contribution in [1.29, 1.82) is 0 Å². The third kappa shape index (κ3) is 4.26. The summed E-state index contributed by atoms with van der Waals surface area (Å²) in [6, 6.07) is 13.7. The van der Waals surface area contributed by atoms with Gasteiger partial charge in [-0.05, 0) is 53.8 Å². The molecule has 2 aromatic rings. The third-order valence-corrected chi connectivity index (χ3v) is 3.74. The Hall–Kier alpha value is -2.48. The van der Waals surface area contributed by atoms with Gasteiger partial charge in [-0.15, -0.1) is 0 Å². The van der Waals surface area contributed by atoms with Crippen LogP contribution >= 0.6 is 0 Å². The Labute approximate surface area is 136 Å². The van der Waals surface area contributed by atoms with Crippen molar-refractivity contribution < 1.29 is 8.78 Å². The molecule has 0 aliphatic rings. The lowest BCUT2D eigenvalue weighted by Gasteiger charge is -2.07. The van der Waals surface area contributed by atoms with Crippen molar-refractivity contribution in [2.75, 3.05) is 0 Å². The predicted molar refractivity (Wildman–Crippen MR) is 94.1 cm³/mol. The lowest BCUT2D eigenvalue weighted by atomic mass is 10.00. The van der Waals surface area contributed by atoms with Gasteiger partial charge >= 0.3 is 0 Å². The lowest BCUT2D eigenvalue weighted by Crippen LogP contribution is -1.88. The molecule has 118 valence electrons. The number of aryl methyl sites for hydroxylation is 1. The minimum absolute atomic E-state index is 0.339. The van der Waals surface area contributed by atoms with Crippen LogP contribution in [0.4, 0.5) is 8.78 Å². The number of halogens is 2. The van der Waals surface area contributed by atoms with Gasteiger partial charge in [-0.1, -0.05) is 56.0 Å². The molecule has 2 aromatic carbocycles. The van der Waals surface area contributed by atoms with E-state index in [9.17, 15) is 8.78 Å². The number of hydrogen-bond acceptors (Lipinski definition) is 0. The highest BCUT2D eigenvalue weighted by Gasteiger charge is 2.08. The van der Waals surface area contributed by atoms with Crippen LogP contribution in [0, 0.1) is 5.82 Å². The van der Waals surface area contributed by atoms with Crippen LogP contribution in [0.25, 0.3) is 11.1 Å². The second kappa shape index (κ2) is 7.68. The summed E-state index contributed by atoms with van der Waals surface area (Å²) < 4.78 is 27.6. The average molecular weight is 310 g/mol. The molecule has 0 unspecified atom stereocenters. The second-order valence-corrected chi connectivity index (χ2v) is 5.28. The summed E-state index contributed by atoms with van der Waals surface area (Å²) in [6.45, 7) is 7.78. The Morgan fingerprint density at radius 3 is 2.09 bits per heavy atom. The molecule has 0 atom stereocenters. The first-order valence-electron chi connectivity index (χ1n) is 7.63. The topological polar surface area (TPSA) is 0 Å². The molecule has 0 aromatic heterocycles. The molecule has 0 spiro atoms. The fourth-order valence-corrected chi connectivity index (χ4v) is 2.34. The van der Waals surface area contributed by atoms with Crippen molar-refractivity contribution in [2.45, 2.75) is 20.3 Å². The van der Waals surface area contributed by atoms with E-state index in [0.29, 0.717) is 16.7 Å². The molecule has 2 rings (SSSR count). The maximum absolute atomic E-state index is 14.6. The van der Waals surface area contributed by atoms with Gasteiger partial charge in [0, 0.05) is 5.57 Å². The van der Waals surface area contributed by atoms with E-state index in [0.717, 1.165) is 12.0 Å². The Morgan fingerprint density at radius 1 is 1.00 bits per heavy atom. The van der Waals surface area contributed by atoms with Crippen molar-refractivity contribution in [1.82, 2.24) is 0 Å². The first kappa shape index (κ1) is 16.9. The molecule has 0 radical (unpaired) electrons. The maximum Gasteiger partial charge on any atom is 0.131 e. The second-order valence-electron chi connectivity index (χ2n) is 5.28. The third-order valence-electron chi connectivity index (χ3n) is 3.74. The zero-order valence-electron chi connectivity index (χ0n) is 13.4. The van der Waals surface area contributed by atoms with Crippen LogP contribution in [0.1, 0.15) is 30.5 Å². The standard InChI is InChI=1S/C21H20F2/c1-4-16-6-8-17(9-7-16)15(3)14-21(23)20(5-2)18-10-12-19(22)13-11-18/h5-14H,3-4H2,1-2H3/b20-5-,21-14+. The minimum Gasteiger partial charge on any atom is -0.207 e. The summed E-state index contributed by atoms with van der Waals surface area (Å²) in [6.07, 6.45) is 4.05. The van der Waals surface area contributed by atoms with Crippen molar-refractivity contribution in [3.8, 4) is 0 Å². The molecular formula is C21H20F2. The molecule has 0 aliphatic carbocycles. The van der Waals surface area contributed by atoms with Gasteiger partial charge in [0.15, 0.2) is 0 Å². The fourth-order valence-electron chi connectivity index (χ4n) is 2.34. The summed E-state index contributed by atoms with van der Waals surface area (Å²) in [5.41, 5.74) is 3.78. The van der Waals surface area contributed by atoms with Gasteiger partial charge in [-0.25, -0.2) is 8.78 Å². The normalized spacial score (nSPS) is 12.3. The first-order chi connectivity index (χ1) is 11.0. The van der Waals surface area contributed by atoms with Crippen LogP contribution in [-0.2, 0) is 6.42 Å². The van der Waals surface area contributed by atoms with Gasteiger partial charge in [0.1, 0.15) is 11.6 Å². The van der Waals surface area contributed by atoms with E-state index < -0.39 is 0 Å². The Balaban J connectivity index is 2.25. The van der Waals surface area contributed by atoms with Gasteiger partial charge in [-0.2, -0.15) is 0 Å². The zero-order chi connectivity index (χ0) is 16.8. The quantitative estimate of drug-likeness (QED) is 0.564. The first-order valence-corrected chi connectivity index (χ1v) is 7.63. The van der Waals surface area contributed by atoms with Crippen LogP contribution < -0.4 is 0 Å². The minimum atomic E-state index is -0.385. The Morgan fingerprint density at radius 2 is 1.57 bits per heavy atom. The SMILES string of the molecule is C=C(/C=C(F)\C(=C/C)c1ccc(F)cc1)c1ccc(CC)cc1. The van der Waals surface area contributed by atoms with E-state index in [1.165, 1.54) is 23.8 Å². The van der Waals surface area contributed by atoms with Gasteiger partial charge < -0.3 is 0 Å². The number of allylic oxidation sites excluding steroid dienone is 5. The van der Waals surface area contributed by atoms with Crippen molar-refractivity contribution in [3.05, 3.63) is 95.6 Å². The molecule has 0 nitrogen and oxygen atoms in total. The molecule has 0 heterocycles. The van der Waals surface area contributed by atoms with Gasteiger partial charge in [0.25, 0.3) is 0 Å². The van der Waals surface area contributed by atoms with Crippen molar-refractivity contribution in [3.63, 3.8) is 0 Å². The molecular weight excluding hydrogens is 290 g/mol. The molecule has 0 saturated carbocycles. The molecule has 0 fully saturated rings. The van der Waals surface area contributed by atoms with Crippen LogP contribution in [0.3, 0.4) is 0 Å². The summed E-state index contributed by atoms with van der Waals surface area (Å²) >= 11 is 0. The summed E-state index contributed by atoms with van der Waals surface area (Å²) in [5, 5.41) is 0. The summed E-state index contributed by atoms with van der Waals surface area (Å²) in [7, 11) is 0. The number of rotatable bonds is 5. The van der Waals surface area contributed by atoms with Crippen molar-refractivity contribution in [2.24, 2.45) is 0 Å². The fraction of sp³-hybridized carbons (Fsp3) is 0.143. The molecule has 0 N–H and O–H groups in total. The summed E-state index contributed by atoms with van der Waals surface area (Å²) in [5.74, 6) is -0.724. The van der Waals surface area contributed by atoms with Gasteiger partial charge in [0.2, 0.25) is 0 Å². The van der Waals surface area contributed by atoms with Gasteiger partial charge in [0.05, 0.1) is 0 Å². The van der Waals surface area contributed by atoms with E-state index >= 15 is 0 Å². The maximum atomic E-state index is 14.6. The number of hydrogen-bond donors (Lipinski definition) is 0. The van der Waals surface area contributed by atoms with Crippen LogP contribution in [0.2, 0.25) is 0 Å². The molecule has 0 saturated heterocycles.